The predicted octanol–water partition coefficient (Wildman–Crippen LogP) is -0.760. The Kier molecular flexibility index (Phi) is 4.73. The first-order valence-corrected chi connectivity index (χ1v) is 5.28. The molecule has 0 aliphatic rings. The fraction of sp³-hybridized carbons (Fsp3) is 0.400. The molecule has 9 heteroatoms. The number of H-pyrrole nitrogens is 1. The van der Waals surface area contributed by atoms with Crippen LogP contribution in [0.5, 0.6) is 0 Å². The van der Waals surface area contributed by atoms with Crippen LogP contribution in [0.1, 0.15) is 18.6 Å². The number of nitro groups is 1. The molecule has 0 aromatic carbocycles. The van der Waals surface area contributed by atoms with Gasteiger partial charge in [0, 0.05) is 17.8 Å². The number of aromatic nitrogens is 1. The lowest BCUT2D eigenvalue weighted by Crippen LogP contribution is -2.30. The number of nitrogens with zero attached hydrogens (tertiary/aromatic N) is 1. The summed E-state index contributed by atoms with van der Waals surface area (Å²) in [5.41, 5.74) is -1.92. The van der Waals surface area contributed by atoms with Crippen LogP contribution in [0.4, 0.5) is 5.69 Å². The molecule has 104 valence electrons. The zero-order valence-corrected chi connectivity index (χ0v) is 9.90. The molecule has 19 heavy (non-hydrogen) atoms. The summed E-state index contributed by atoms with van der Waals surface area (Å²) in [5, 5.41) is 29.7. The number of hydrogen-bond acceptors (Lipinski definition) is 7. The Morgan fingerprint density at radius 1 is 1.58 bits per heavy atom. The highest BCUT2D eigenvalue weighted by Gasteiger charge is 2.28. The first-order valence-electron chi connectivity index (χ1n) is 5.28. The van der Waals surface area contributed by atoms with Crippen molar-refractivity contribution in [2.24, 2.45) is 0 Å². The van der Waals surface area contributed by atoms with E-state index in [2.05, 4.69) is 4.74 Å². The van der Waals surface area contributed by atoms with E-state index < -0.39 is 34.3 Å². The van der Waals surface area contributed by atoms with Gasteiger partial charge in [0.05, 0.1) is 11.5 Å². The van der Waals surface area contributed by atoms with Crippen molar-refractivity contribution in [2.45, 2.75) is 19.1 Å². The number of aliphatic hydroxyl groups is 2. The average Bonchev–Trinajstić information content (AvgIpc) is 2.37. The van der Waals surface area contributed by atoms with E-state index in [1.54, 1.807) is 0 Å². The minimum Gasteiger partial charge on any atom is -0.464 e. The van der Waals surface area contributed by atoms with Crippen LogP contribution in [0, 0.1) is 10.1 Å². The van der Waals surface area contributed by atoms with Gasteiger partial charge in [-0.25, -0.2) is 4.79 Å². The summed E-state index contributed by atoms with van der Waals surface area (Å²) in [7, 11) is 0. The molecular formula is C10H12N2O7. The predicted molar refractivity (Wildman–Crippen MR) is 61.3 cm³/mol. The first-order chi connectivity index (χ1) is 8.88. The molecule has 3 N–H and O–H groups in total. The third kappa shape index (κ3) is 3.36. The topological polar surface area (TPSA) is 143 Å². The van der Waals surface area contributed by atoms with E-state index in [0.29, 0.717) is 0 Å². The zero-order chi connectivity index (χ0) is 14.6. The number of carbonyl (C=O) groups excluding carboxylic acids is 1. The second kappa shape index (κ2) is 6.07. The van der Waals surface area contributed by atoms with Gasteiger partial charge in [0.2, 0.25) is 0 Å². The summed E-state index contributed by atoms with van der Waals surface area (Å²) < 4.78 is 4.49. The van der Waals surface area contributed by atoms with Crippen molar-refractivity contribution >= 4 is 11.7 Å². The molecule has 9 nitrogen and oxygen atoms in total. The maximum atomic E-state index is 11.2. The number of pyridine rings is 1. The van der Waals surface area contributed by atoms with Crippen LogP contribution in [-0.2, 0) is 9.53 Å². The van der Waals surface area contributed by atoms with E-state index in [4.69, 9.17) is 0 Å². The summed E-state index contributed by atoms with van der Waals surface area (Å²) in [6, 6.07) is 0.784. The Hall–Kier alpha value is -2.26. The van der Waals surface area contributed by atoms with Crippen molar-refractivity contribution in [3.05, 3.63) is 38.3 Å². The molecule has 1 heterocycles. The van der Waals surface area contributed by atoms with Crippen LogP contribution in [-0.4, -0.2) is 38.8 Å². The van der Waals surface area contributed by atoms with Crippen LogP contribution in [0.2, 0.25) is 0 Å². The fourth-order valence-electron chi connectivity index (χ4n) is 1.33. The van der Waals surface area contributed by atoms with Gasteiger partial charge >= 0.3 is 17.2 Å². The van der Waals surface area contributed by atoms with Gasteiger partial charge in [0.25, 0.3) is 0 Å². The van der Waals surface area contributed by atoms with E-state index in [1.807, 2.05) is 4.98 Å². The van der Waals surface area contributed by atoms with Crippen molar-refractivity contribution in [2.75, 3.05) is 6.61 Å². The molecule has 0 spiro atoms. The highest BCUT2D eigenvalue weighted by atomic mass is 16.6. The number of nitrogens with one attached hydrogen (secondary N) is 1. The second-order valence-electron chi connectivity index (χ2n) is 3.55. The van der Waals surface area contributed by atoms with Gasteiger partial charge in [0.15, 0.2) is 6.10 Å². The molecule has 1 aromatic heterocycles. The summed E-state index contributed by atoms with van der Waals surface area (Å²) in [5.74, 6) is -1.07. The van der Waals surface area contributed by atoms with E-state index >= 15 is 0 Å². The standard InChI is InChI=1S/C10H12N2O7/c1-2-19-10(16)8(14)7(13)5-3-6(12(17)18)9(15)11-4-5/h3-4,7-8,13-14H,2H2,1H3,(H,11,15). The van der Waals surface area contributed by atoms with Gasteiger partial charge in [-0.1, -0.05) is 0 Å². The normalized spacial score (nSPS) is 13.6. The Bertz CT molecular complexity index is 539. The lowest BCUT2D eigenvalue weighted by atomic mass is 10.1. The van der Waals surface area contributed by atoms with E-state index in [0.717, 1.165) is 12.3 Å². The highest BCUT2D eigenvalue weighted by Crippen LogP contribution is 2.19. The van der Waals surface area contributed by atoms with Crippen molar-refractivity contribution in [1.82, 2.24) is 4.98 Å². The van der Waals surface area contributed by atoms with Crippen LogP contribution in [0.3, 0.4) is 0 Å². The summed E-state index contributed by atoms with van der Waals surface area (Å²) in [6.45, 7) is 1.52. The number of aromatic amines is 1. The summed E-state index contributed by atoms with van der Waals surface area (Å²) >= 11 is 0. The largest absolute Gasteiger partial charge is 0.464 e. The summed E-state index contributed by atoms with van der Waals surface area (Å²) in [4.78, 5) is 34.0. The molecule has 0 saturated carbocycles. The van der Waals surface area contributed by atoms with Gasteiger partial charge in [-0.2, -0.15) is 0 Å². The SMILES string of the molecule is CCOC(=O)C(O)C(O)c1c[nH]c(=O)c([N+](=O)[O-])c1. The highest BCUT2D eigenvalue weighted by molar-refractivity contribution is 5.75. The lowest BCUT2D eigenvalue weighted by Gasteiger charge is -2.16. The zero-order valence-electron chi connectivity index (χ0n) is 9.90. The van der Waals surface area contributed by atoms with Gasteiger partial charge < -0.3 is 19.9 Å². The maximum absolute atomic E-state index is 11.2. The molecule has 2 atom stereocenters. The molecule has 0 saturated heterocycles. The van der Waals surface area contributed by atoms with Crippen molar-refractivity contribution in [3.8, 4) is 0 Å². The van der Waals surface area contributed by atoms with Crippen molar-refractivity contribution in [1.29, 1.82) is 0 Å². The Morgan fingerprint density at radius 2 is 2.21 bits per heavy atom. The van der Waals surface area contributed by atoms with Gasteiger partial charge in [-0.3, -0.25) is 14.9 Å². The third-order valence-corrected chi connectivity index (χ3v) is 2.27. The molecule has 0 fully saturated rings. The average molecular weight is 272 g/mol. The van der Waals surface area contributed by atoms with Crippen LogP contribution in [0.25, 0.3) is 0 Å². The number of rotatable bonds is 5. The monoisotopic (exact) mass is 272 g/mol. The number of aliphatic hydroxyl groups excluding tert-OH is 2. The number of esters is 1. The van der Waals surface area contributed by atoms with Gasteiger partial charge in [0.1, 0.15) is 6.10 Å². The third-order valence-electron chi connectivity index (χ3n) is 2.27. The van der Waals surface area contributed by atoms with Crippen LogP contribution < -0.4 is 5.56 Å². The van der Waals surface area contributed by atoms with E-state index in [9.17, 15) is 29.9 Å². The molecule has 0 amide bonds. The van der Waals surface area contributed by atoms with E-state index in [1.165, 1.54) is 6.92 Å². The van der Waals surface area contributed by atoms with Crippen molar-refractivity contribution in [3.63, 3.8) is 0 Å². The molecule has 0 radical (unpaired) electrons. The number of hydrogen-bond donors (Lipinski definition) is 3. The summed E-state index contributed by atoms with van der Waals surface area (Å²) in [6.07, 6.45) is -2.66. The fourth-order valence-corrected chi connectivity index (χ4v) is 1.33. The van der Waals surface area contributed by atoms with Crippen LogP contribution >= 0.6 is 0 Å². The van der Waals surface area contributed by atoms with Crippen molar-refractivity contribution < 1.29 is 24.7 Å². The first kappa shape index (κ1) is 14.8. The number of carbonyl (C=O) groups is 1. The molecular weight excluding hydrogens is 260 g/mol. The molecule has 0 bridgehead atoms. The van der Waals surface area contributed by atoms with Gasteiger partial charge in [-0.05, 0) is 6.92 Å². The molecule has 2 unspecified atom stereocenters. The molecule has 1 aromatic rings. The van der Waals surface area contributed by atoms with Crippen LogP contribution in [0.15, 0.2) is 17.1 Å². The minimum atomic E-state index is -1.90. The quantitative estimate of drug-likeness (QED) is 0.363. The Balaban J connectivity index is 3.03. The van der Waals surface area contributed by atoms with E-state index in [-0.39, 0.29) is 12.2 Å². The smallest absolute Gasteiger partial charge is 0.338 e. The molecule has 0 aliphatic carbocycles. The number of ether oxygens (including phenoxy) is 1. The molecule has 0 aliphatic heterocycles. The maximum Gasteiger partial charge on any atom is 0.338 e. The molecule has 1 rings (SSSR count). The Morgan fingerprint density at radius 3 is 2.74 bits per heavy atom. The lowest BCUT2D eigenvalue weighted by molar-refractivity contribution is -0.386. The minimum absolute atomic E-state index is 0.00832. The van der Waals surface area contributed by atoms with Gasteiger partial charge in [-0.15, -0.1) is 0 Å². The Labute approximate surface area is 106 Å². The second-order valence-corrected chi connectivity index (χ2v) is 3.55.